The summed E-state index contributed by atoms with van der Waals surface area (Å²) in [6, 6.07) is 6.13. The van der Waals surface area contributed by atoms with Crippen LogP contribution in [0.4, 0.5) is 4.79 Å². The normalized spacial score (nSPS) is 14.2. The van der Waals surface area contributed by atoms with E-state index in [0.717, 1.165) is 5.92 Å². The van der Waals surface area contributed by atoms with Gasteiger partial charge in [0.25, 0.3) is 0 Å². The lowest BCUT2D eigenvalue weighted by Gasteiger charge is -1.91. The second kappa shape index (κ2) is 4.45. The molecule has 1 aromatic rings. The Hall–Kier alpha value is -1.58. The van der Waals surface area contributed by atoms with Crippen molar-refractivity contribution in [2.75, 3.05) is 0 Å². The molecule has 0 aromatic carbocycles. The number of nitrogens with zero attached hydrogens (tertiary/aromatic N) is 1. The number of carboxylic acid groups (broad SMARTS) is 1. The molecule has 1 saturated carbocycles. The Morgan fingerprint density at radius 3 is 2.54 bits per heavy atom. The molecule has 1 heterocycles. The number of rotatable bonds is 1. The molecule has 4 nitrogen and oxygen atoms in total. The fraction of sp³-hybridized carbons (Fsp3) is 0.333. The van der Waals surface area contributed by atoms with Gasteiger partial charge >= 0.3 is 6.09 Å². The lowest BCUT2D eigenvalue weighted by Crippen LogP contribution is -2.03. The zero-order chi connectivity index (χ0) is 9.68. The van der Waals surface area contributed by atoms with Gasteiger partial charge in [0.15, 0.2) is 0 Å². The van der Waals surface area contributed by atoms with Crippen LogP contribution in [0.15, 0.2) is 24.4 Å². The average molecular weight is 180 g/mol. The summed E-state index contributed by atoms with van der Waals surface area (Å²) >= 11 is 0. The maximum Gasteiger partial charge on any atom is 0.402 e. The Labute approximate surface area is 76.4 Å². The zero-order valence-corrected chi connectivity index (χ0v) is 7.18. The Morgan fingerprint density at radius 2 is 2.15 bits per heavy atom. The minimum Gasteiger partial charge on any atom is -0.465 e. The molecule has 1 aliphatic rings. The van der Waals surface area contributed by atoms with E-state index in [1.54, 1.807) is 0 Å². The molecule has 1 fully saturated rings. The average Bonchev–Trinajstić information content (AvgIpc) is 2.87. The van der Waals surface area contributed by atoms with Crippen molar-refractivity contribution in [2.45, 2.75) is 18.8 Å². The van der Waals surface area contributed by atoms with Crippen molar-refractivity contribution < 1.29 is 9.90 Å². The van der Waals surface area contributed by atoms with Crippen LogP contribution in [0.3, 0.4) is 0 Å². The first-order valence-electron chi connectivity index (χ1n) is 4.09. The minimum atomic E-state index is -1.33. The lowest BCUT2D eigenvalue weighted by molar-refractivity contribution is 0.205. The van der Waals surface area contributed by atoms with Gasteiger partial charge in [-0.1, -0.05) is 6.07 Å². The van der Waals surface area contributed by atoms with Gasteiger partial charge < -0.3 is 10.8 Å². The molecule has 0 bridgehead atoms. The van der Waals surface area contributed by atoms with E-state index in [1.165, 1.54) is 18.5 Å². The molecule has 3 N–H and O–H groups in total. The van der Waals surface area contributed by atoms with Gasteiger partial charge in [0.1, 0.15) is 0 Å². The molecular weight excluding hydrogens is 168 g/mol. The van der Waals surface area contributed by atoms with Crippen molar-refractivity contribution in [2.24, 2.45) is 5.73 Å². The Bertz CT molecular complexity index is 266. The first-order valence-corrected chi connectivity index (χ1v) is 4.09. The fourth-order valence-corrected chi connectivity index (χ4v) is 0.997. The number of primary amides is 1. The van der Waals surface area contributed by atoms with E-state index < -0.39 is 6.09 Å². The molecule has 1 aliphatic carbocycles. The second-order valence-electron chi connectivity index (χ2n) is 2.87. The third-order valence-corrected chi connectivity index (χ3v) is 1.68. The van der Waals surface area contributed by atoms with E-state index in [0.29, 0.717) is 0 Å². The molecule has 4 heteroatoms. The number of amides is 1. The second-order valence-corrected chi connectivity index (χ2v) is 2.87. The van der Waals surface area contributed by atoms with E-state index in [1.807, 2.05) is 12.3 Å². The highest BCUT2D eigenvalue weighted by Crippen LogP contribution is 2.38. The zero-order valence-electron chi connectivity index (χ0n) is 7.18. The molecule has 0 unspecified atom stereocenters. The summed E-state index contributed by atoms with van der Waals surface area (Å²) in [5, 5.41) is 7.19. The Morgan fingerprint density at radius 1 is 1.54 bits per heavy atom. The molecule has 0 radical (unpaired) electrons. The number of hydrogen-bond acceptors (Lipinski definition) is 2. The summed E-state index contributed by atoms with van der Waals surface area (Å²) in [6.45, 7) is 0. The number of pyridine rings is 1. The topological polar surface area (TPSA) is 76.2 Å². The lowest BCUT2D eigenvalue weighted by atomic mass is 10.3. The van der Waals surface area contributed by atoms with Gasteiger partial charge in [-0.3, -0.25) is 4.98 Å². The van der Waals surface area contributed by atoms with E-state index in [2.05, 4.69) is 22.9 Å². The van der Waals surface area contributed by atoms with Gasteiger partial charge in [-0.2, -0.15) is 0 Å². The molecule has 1 aromatic heterocycles. The van der Waals surface area contributed by atoms with Crippen LogP contribution in [0.1, 0.15) is 24.5 Å². The molecule has 2 rings (SSSR count). The van der Waals surface area contributed by atoms with Gasteiger partial charge in [-0.25, -0.2) is 4.79 Å². The van der Waals surface area contributed by atoms with E-state index in [4.69, 9.17) is 9.90 Å². The Balaban J connectivity index is 0.000000184. The maximum atomic E-state index is 8.78. The summed E-state index contributed by atoms with van der Waals surface area (Å²) in [6.07, 6.45) is 3.22. The molecule has 0 saturated heterocycles. The molecule has 1 amide bonds. The number of hydrogen-bond donors (Lipinski definition) is 2. The maximum absolute atomic E-state index is 8.78. The van der Waals surface area contributed by atoms with Crippen LogP contribution >= 0.6 is 0 Å². The third kappa shape index (κ3) is 4.10. The van der Waals surface area contributed by atoms with Crippen molar-refractivity contribution >= 4 is 6.09 Å². The first kappa shape index (κ1) is 9.51. The monoisotopic (exact) mass is 180 g/mol. The quantitative estimate of drug-likeness (QED) is 0.688. The van der Waals surface area contributed by atoms with Gasteiger partial charge in [0.2, 0.25) is 0 Å². The van der Waals surface area contributed by atoms with Gasteiger partial charge in [-0.05, 0) is 25.0 Å². The highest BCUT2D eigenvalue weighted by molar-refractivity contribution is 5.61. The van der Waals surface area contributed by atoms with Crippen LogP contribution in [0, 0.1) is 0 Å². The van der Waals surface area contributed by atoms with Crippen LogP contribution in [-0.2, 0) is 0 Å². The SMILES string of the molecule is NC(=O)O.c1ccc(C2CC2)nc1. The molecule has 0 spiro atoms. The van der Waals surface area contributed by atoms with Gasteiger partial charge in [0, 0.05) is 17.8 Å². The molecule has 0 atom stereocenters. The van der Waals surface area contributed by atoms with Crippen molar-refractivity contribution in [3.8, 4) is 0 Å². The molecule has 13 heavy (non-hydrogen) atoms. The highest BCUT2D eigenvalue weighted by atomic mass is 16.4. The fourth-order valence-electron chi connectivity index (χ4n) is 0.997. The molecule has 70 valence electrons. The summed E-state index contributed by atoms with van der Waals surface area (Å²) < 4.78 is 0. The standard InChI is InChI=1S/C8H9N.CH3NO2/c1-2-6-9-8(3-1)7-4-5-7;2-1(3)4/h1-3,6-7H,4-5H2;2H2,(H,3,4). The molecular formula is C9H12N2O2. The van der Waals surface area contributed by atoms with E-state index in [-0.39, 0.29) is 0 Å². The largest absolute Gasteiger partial charge is 0.465 e. The first-order chi connectivity index (χ1) is 6.20. The molecule has 0 aliphatic heterocycles. The van der Waals surface area contributed by atoms with Crippen molar-refractivity contribution in [3.63, 3.8) is 0 Å². The van der Waals surface area contributed by atoms with Gasteiger partial charge in [-0.15, -0.1) is 0 Å². The summed E-state index contributed by atoms with van der Waals surface area (Å²) in [4.78, 5) is 13.0. The Kier molecular flexibility index (Phi) is 3.25. The summed E-state index contributed by atoms with van der Waals surface area (Å²) in [5.41, 5.74) is 5.30. The van der Waals surface area contributed by atoms with Crippen LogP contribution < -0.4 is 5.73 Å². The predicted molar refractivity (Wildman–Crippen MR) is 48.4 cm³/mol. The van der Waals surface area contributed by atoms with Crippen LogP contribution in [0.2, 0.25) is 0 Å². The van der Waals surface area contributed by atoms with E-state index >= 15 is 0 Å². The summed E-state index contributed by atoms with van der Waals surface area (Å²) in [7, 11) is 0. The van der Waals surface area contributed by atoms with Crippen molar-refractivity contribution in [1.29, 1.82) is 0 Å². The van der Waals surface area contributed by atoms with Crippen LogP contribution in [0.5, 0.6) is 0 Å². The predicted octanol–water partition coefficient (Wildman–Crippen LogP) is 1.58. The minimum absolute atomic E-state index is 0.797. The highest BCUT2D eigenvalue weighted by Gasteiger charge is 2.23. The van der Waals surface area contributed by atoms with Crippen molar-refractivity contribution in [1.82, 2.24) is 4.98 Å². The number of aromatic nitrogens is 1. The van der Waals surface area contributed by atoms with Crippen LogP contribution in [-0.4, -0.2) is 16.2 Å². The van der Waals surface area contributed by atoms with Crippen molar-refractivity contribution in [3.05, 3.63) is 30.1 Å². The summed E-state index contributed by atoms with van der Waals surface area (Å²) in [5.74, 6) is 0.797. The smallest absolute Gasteiger partial charge is 0.402 e. The van der Waals surface area contributed by atoms with Crippen LogP contribution in [0.25, 0.3) is 0 Å². The third-order valence-electron chi connectivity index (χ3n) is 1.68. The number of nitrogens with two attached hydrogens (primary N) is 1. The van der Waals surface area contributed by atoms with E-state index in [9.17, 15) is 0 Å². The van der Waals surface area contributed by atoms with Gasteiger partial charge in [0.05, 0.1) is 0 Å². The number of carbonyl (C=O) groups is 1.